The summed E-state index contributed by atoms with van der Waals surface area (Å²) in [6.45, 7) is 5.53. The zero-order chi connectivity index (χ0) is 7.49. The van der Waals surface area contributed by atoms with Crippen LogP contribution in [0, 0.1) is 17.8 Å². The van der Waals surface area contributed by atoms with Crippen molar-refractivity contribution in [3.05, 3.63) is 0 Å². The monoisotopic (exact) mass is 128 g/mol. The third kappa shape index (κ3) is 3.13. The van der Waals surface area contributed by atoms with Crippen LogP contribution in [0.2, 0.25) is 0 Å². The van der Waals surface area contributed by atoms with Crippen LogP contribution in [0.25, 0.3) is 0 Å². The molecule has 1 unspecified atom stereocenters. The van der Waals surface area contributed by atoms with Gasteiger partial charge in [0.1, 0.15) is 6.17 Å². The number of hydrogen-bond donors (Lipinski definition) is 0. The zero-order valence-corrected chi connectivity index (χ0v) is 6.24. The van der Waals surface area contributed by atoms with Gasteiger partial charge in [0.2, 0.25) is 0 Å². The molecule has 0 nitrogen and oxygen atoms in total. The number of halogens is 1. The van der Waals surface area contributed by atoms with Crippen LogP contribution in [0.5, 0.6) is 0 Å². The van der Waals surface area contributed by atoms with E-state index in [4.69, 9.17) is 6.42 Å². The first-order valence-corrected chi connectivity index (χ1v) is 3.06. The lowest BCUT2D eigenvalue weighted by molar-refractivity contribution is 0.167. The van der Waals surface area contributed by atoms with E-state index < -0.39 is 6.17 Å². The summed E-state index contributed by atoms with van der Waals surface area (Å²) in [5, 5.41) is 0. The minimum atomic E-state index is -0.873. The highest BCUT2D eigenvalue weighted by molar-refractivity contribution is 4.90. The smallest absolute Gasteiger partial charge is 0.116 e. The summed E-state index contributed by atoms with van der Waals surface area (Å²) in [7, 11) is 0. The standard InChI is InChI=1S/C8H13F/c1-5-6-7(9)8(2,3)4/h1,7H,6H2,2-4H3. The molecule has 9 heavy (non-hydrogen) atoms. The largest absolute Gasteiger partial charge is 0.246 e. The van der Waals surface area contributed by atoms with Crippen molar-refractivity contribution in [3.8, 4) is 12.3 Å². The molecule has 0 aromatic carbocycles. The average Bonchev–Trinajstić information content (AvgIpc) is 1.64. The fourth-order valence-corrected chi connectivity index (χ4v) is 0.410. The molecule has 0 aliphatic heterocycles. The van der Waals surface area contributed by atoms with Gasteiger partial charge in [-0.15, -0.1) is 12.3 Å². The molecule has 1 heteroatoms. The van der Waals surface area contributed by atoms with E-state index in [1.54, 1.807) is 0 Å². The lowest BCUT2D eigenvalue weighted by Crippen LogP contribution is -2.20. The highest BCUT2D eigenvalue weighted by atomic mass is 19.1. The van der Waals surface area contributed by atoms with Gasteiger partial charge in [0.05, 0.1) is 0 Å². The first-order chi connectivity index (χ1) is 3.98. The molecule has 0 aliphatic carbocycles. The number of hydrogen-bond acceptors (Lipinski definition) is 0. The molecule has 0 rings (SSSR count). The molecule has 0 amide bonds. The number of alkyl halides is 1. The van der Waals surface area contributed by atoms with Crippen LogP contribution >= 0.6 is 0 Å². The van der Waals surface area contributed by atoms with E-state index in [-0.39, 0.29) is 11.8 Å². The number of terminal acetylenes is 1. The van der Waals surface area contributed by atoms with Gasteiger partial charge in [0, 0.05) is 6.42 Å². The van der Waals surface area contributed by atoms with E-state index in [0.717, 1.165) is 0 Å². The lowest BCUT2D eigenvalue weighted by Gasteiger charge is -2.21. The molecule has 0 aromatic heterocycles. The lowest BCUT2D eigenvalue weighted by atomic mass is 9.89. The third-order valence-electron chi connectivity index (χ3n) is 1.24. The van der Waals surface area contributed by atoms with Crippen molar-refractivity contribution in [2.75, 3.05) is 0 Å². The maximum absolute atomic E-state index is 12.8. The van der Waals surface area contributed by atoms with E-state index in [9.17, 15) is 4.39 Å². The molecule has 0 aromatic rings. The summed E-state index contributed by atoms with van der Waals surface area (Å²) in [5.74, 6) is 2.30. The zero-order valence-electron chi connectivity index (χ0n) is 6.24. The summed E-state index contributed by atoms with van der Waals surface area (Å²) >= 11 is 0. The van der Waals surface area contributed by atoms with Crippen molar-refractivity contribution < 1.29 is 4.39 Å². The fourth-order valence-electron chi connectivity index (χ4n) is 0.410. The second kappa shape index (κ2) is 2.87. The Morgan fingerprint density at radius 3 is 2.11 bits per heavy atom. The molecule has 0 heterocycles. The molecule has 0 bridgehead atoms. The van der Waals surface area contributed by atoms with E-state index >= 15 is 0 Å². The molecule has 0 saturated heterocycles. The van der Waals surface area contributed by atoms with E-state index in [1.165, 1.54) is 0 Å². The van der Waals surface area contributed by atoms with Crippen LogP contribution < -0.4 is 0 Å². The maximum Gasteiger partial charge on any atom is 0.116 e. The van der Waals surface area contributed by atoms with Crippen molar-refractivity contribution in [1.82, 2.24) is 0 Å². The van der Waals surface area contributed by atoms with E-state index in [1.807, 2.05) is 20.8 Å². The summed E-state index contributed by atoms with van der Waals surface area (Å²) < 4.78 is 12.8. The van der Waals surface area contributed by atoms with Gasteiger partial charge in [-0.2, -0.15) is 0 Å². The molecular formula is C8H13F. The minimum absolute atomic E-state index is 0.226. The molecule has 52 valence electrons. The Morgan fingerprint density at radius 1 is 1.56 bits per heavy atom. The SMILES string of the molecule is C#CCC(F)C(C)(C)C. The molecular weight excluding hydrogens is 115 g/mol. The molecule has 0 fully saturated rings. The first-order valence-electron chi connectivity index (χ1n) is 3.06. The number of rotatable bonds is 1. The topological polar surface area (TPSA) is 0 Å². The Balaban J connectivity index is 3.76. The van der Waals surface area contributed by atoms with Crippen molar-refractivity contribution in [1.29, 1.82) is 0 Å². The van der Waals surface area contributed by atoms with Crippen LogP contribution in [0.15, 0.2) is 0 Å². The van der Waals surface area contributed by atoms with E-state index in [2.05, 4.69) is 5.92 Å². The van der Waals surface area contributed by atoms with Gasteiger partial charge in [0.15, 0.2) is 0 Å². The predicted molar refractivity (Wildman–Crippen MR) is 37.8 cm³/mol. The van der Waals surface area contributed by atoms with Gasteiger partial charge in [-0.05, 0) is 5.41 Å². The van der Waals surface area contributed by atoms with Gasteiger partial charge in [-0.1, -0.05) is 20.8 Å². The second-order valence-electron chi connectivity index (χ2n) is 3.24. The van der Waals surface area contributed by atoms with Crippen LogP contribution in [0.3, 0.4) is 0 Å². The molecule has 0 N–H and O–H groups in total. The van der Waals surface area contributed by atoms with Crippen molar-refractivity contribution >= 4 is 0 Å². The quantitative estimate of drug-likeness (QED) is 0.476. The Labute approximate surface area is 56.5 Å². The molecule has 0 aliphatic rings. The summed E-state index contributed by atoms with van der Waals surface area (Å²) in [5.41, 5.74) is -0.299. The maximum atomic E-state index is 12.8. The predicted octanol–water partition coefficient (Wildman–Crippen LogP) is 2.39. The summed E-state index contributed by atoms with van der Waals surface area (Å²) in [6.07, 6.45) is 4.29. The Kier molecular flexibility index (Phi) is 2.70. The Hall–Kier alpha value is -0.510. The van der Waals surface area contributed by atoms with Crippen LogP contribution in [0.1, 0.15) is 27.2 Å². The highest BCUT2D eigenvalue weighted by Crippen LogP contribution is 2.23. The van der Waals surface area contributed by atoms with Crippen LogP contribution in [-0.4, -0.2) is 6.17 Å². The average molecular weight is 128 g/mol. The van der Waals surface area contributed by atoms with E-state index in [0.29, 0.717) is 0 Å². The van der Waals surface area contributed by atoms with Crippen LogP contribution in [0.4, 0.5) is 4.39 Å². The molecule has 0 spiro atoms. The van der Waals surface area contributed by atoms with Gasteiger partial charge in [-0.25, -0.2) is 4.39 Å². The first kappa shape index (κ1) is 8.49. The minimum Gasteiger partial charge on any atom is -0.246 e. The normalized spacial score (nSPS) is 14.6. The van der Waals surface area contributed by atoms with Gasteiger partial charge < -0.3 is 0 Å². The Morgan fingerprint density at radius 2 is 2.00 bits per heavy atom. The van der Waals surface area contributed by atoms with Crippen molar-refractivity contribution in [3.63, 3.8) is 0 Å². The third-order valence-corrected chi connectivity index (χ3v) is 1.24. The highest BCUT2D eigenvalue weighted by Gasteiger charge is 2.22. The molecule has 1 atom stereocenters. The van der Waals surface area contributed by atoms with Crippen LogP contribution in [-0.2, 0) is 0 Å². The Bertz CT molecular complexity index is 114. The van der Waals surface area contributed by atoms with Gasteiger partial charge in [-0.3, -0.25) is 0 Å². The molecule has 0 saturated carbocycles. The van der Waals surface area contributed by atoms with Crippen molar-refractivity contribution in [2.24, 2.45) is 5.41 Å². The summed E-state index contributed by atoms with van der Waals surface area (Å²) in [4.78, 5) is 0. The summed E-state index contributed by atoms with van der Waals surface area (Å²) in [6, 6.07) is 0. The second-order valence-corrected chi connectivity index (χ2v) is 3.24. The van der Waals surface area contributed by atoms with Gasteiger partial charge in [0.25, 0.3) is 0 Å². The van der Waals surface area contributed by atoms with Gasteiger partial charge >= 0.3 is 0 Å². The van der Waals surface area contributed by atoms with Crippen molar-refractivity contribution in [2.45, 2.75) is 33.4 Å². The molecule has 0 radical (unpaired) electrons. The fraction of sp³-hybridized carbons (Fsp3) is 0.750.